The Morgan fingerprint density at radius 3 is 2.77 bits per heavy atom. The normalized spacial score (nSPS) is 22.9. The molecule has 1 aliphatic heterocycles. The summed E-state index contributed by atoms with van der Waals surface area (Å²) in [6.45, 7) is 2.89. The summed E-state index contributed by atoms with van der Waals surface area (Å²) < 4.78 is 0. The highest BCUT2D eigenvalue weighted by Crippen LogP contribution is 2.35. The highest BCUT2D eigenvalue weighted by Gasteiger charge is 2.42. The lowest BCUT2D eigenvalue weighted by Gasteiger charge is -2.26. The Balaban J connectivity index is 1.76. The lowest BCUT2D eigenvalue weighted by molar-refractivity contribution is 0.343. The van der Waals surface area contributed by atoms with Gasteiger partial charge in [0.25, 0.3) is 10.9 Å². The first kappa shape index (κ1) is 18.5. The monoisotopic (exact) mass is 361 g/mol. The number of nitrogens with zero attached hydrogens (tertiary/aromatic N) is 1. The molecule has 8 N–H and O–H groups in total. The van der Waals surface area contributed by atoms with Gasteiger partial charge in [-0.1, -0.05) is 6.42 Å². The molecule has 2 heterocycles. The van der Waals surface area contributed by atoms with Gasteiger partial charge in [-0.25, -0.2) is 0 Å². The fourth-order valence-corrected chi connectivity index (χ4v) is 3.63. The van der Waals surface area contributed by atoms with Gasteiger partial charge in [-0.05, 0) is 31.6 Å². The van der Waals surface area contributed by atoms with Gasteiger partial charge in [-0.15, -0.1) is 0 Å². The van der Waals surface area contributed by atoms with E-state index < -0.39 is 23.5 Å². The zero-order valence-corrected chi connectivity index (χ0v) is 14.7. The fraction of sp³-hybridized carbons (Fsp3) is 0.500. The van der Waals surface area contributed by atoms with Crippen molar-refractivity contribution in [2.45, 2.75) is 31.6 Å². The summed E-state index contributed by atoms with van der Waals surface area (Å²) in [6.07, 6.45) is 3.26. The van der Waals surface area contributed by atoms with Crippen molar-refractivity contribution in [3.63, 3.8) is 0 Å². The number of aromatic amines is 1. The zero-order valence-electron chi connectivity index (χ0n) is 14.7. The van der Waals surface area contributed by atoms with Gasteiger partial charge in [-0.2, -0.15) is 0 Å². The molecule has 1 aliphatic rings. The van der Waals surface area contributed by atoms with Crippen LogP contribution < -0.4 is 32.5 Å². The number of hydrogen-bond donors (Lipinski definition) is 6. The molecule has 0 unspecified atom stereocenters. The van der Waals surface area contributed by atoms with Gasteiger partial charge in [0.1, 0.15) is 17.2 Å². The van der Waals surface area contributed by atoms with E-state index in [1.54, 1.807) is 12.3 Å². The first-order valence-electron chi connectivity index (χ1n) is 8.64. The fourth-order valence-electron chi connectivity index (χ4n) is 3.63. The van der Waals surface area contributed by atoms with Crippen molar-refractivity contribution in [3.8, 4) is 0 Å². The molecule has 0 radical (unpaired) electrons. The van der Waals surface area contributed by atoms with Crippen LogP contribution in [0.25, 0.3) is 0 Å². The van der Waals surface area contributed by atoms with E-state index in [0.717, 1.165) is 0 Å². The molecular formula is C16H24BN5O4. The molecule has 10 heteroatoms. The molecule has 9 nitrogen and oxygen atoms in total. The average molecular weight is 361 g/mol. The highest BCUT2D eigenvalue weighted by atomic mass is 16.4. The predicted octanol–water partition coefficient (Wildman–Crippen LogP) is -0.657. The summed E-state index contributed by atoms with van der Waals surface area (Å²) in [5, 5.41) is 20.9. The second-order valence-corrected chi connectivity index (χ2v) is 7.31. The highest BCUT2D eigenvalue weighted by molar-refractivity contribution is 6.40. The Labute approximate surface area is 150 Å². The van der Waals surface area contributed by atoms with Crippen LogP contribution >= 0.6 is 0 Å². The van der Waals surface area contributed by atoms with E-state index in [1.165, 1.54) is 0 Å². The van der Waals surface area contributed by atoms with Crippen molar-refractivity contribution in [2.24, 2.45) is 11.7 Å². The Morgan fingerprint density at radius 1 is 1.42 bits per heavy atom. The molecule has 1 fully saturated rings. The van der Waals surface area contributed by atoms with Gasteiger partial charge in [0.15, 0.2) is 0 Å². The molecule has 140 valence electrons. The number of nitrogens with two attached hydrogens (primary N) is 2. The Kier molecular flexibility index (Phi) is 4.83. The van der Waals surface area contributed by atoms with Crippen molar-refractivity contribution < 1.29 is 10.0 Å². The Bertz CT molecular complexity index is 855. The summed E-state index contributed by atoms with van der Waals surface area (Å²) in [5.41, 5.74) is 11.6. The first-order valence-corrected chi connectivity index (χ1v) is 8.64. The minimum atomic E-state index is -1.33. The summed E-state index contributed by atoms with van der Waals surface area (Å²) in [5.74, 6) is 0.551. The molecule has 0 bridgehead atoms. The molecule has 2 atom stereocenters. The quantitative estimate of drug-likeness (QED) is 0.280. The van der Waals surface area contributed by atoms with Crippen molar-refractivity contribution in [2.75, 3.05) is 29.0 Å². The van der Waals surface area contributed by atoms with Crippen LogP contribution in [0.5, 0.6) is 0 Å². The lowest BCUT2D eigenvalue weighted by atomic mass is 9.79. The average Bonchev–Trinajstić information content (AvgIpc) is 3.09. The number of rotatable bonds is 7. The SMILES string of the molecule is C[C@]1(N)CN(c2c(Nc3[nH]ccc3N)c(=O)c2=O)C[C@@H]1CCCB(O)O. The second-order valence-electron chi connectivity index (χ2n) is 7.31. The third kappa shape index (κ3) is 3.35. The van der Waals surface area contributed by atoms with E-state index in [2.05, 4.69) is 10.3 Å². The van der Waals surface area contributed by atoms with Crippen LogP contribution in [0.3, 0.4) is 0 Å². The van der Waals surface area contributed by atoms with Gasteiger partial charge in [0.05, 0.1) is 5.69 Å². The van der Waals surface area contributed by atoms with Gasteiger partial charge in [0, 0.05) is 24.8 Å². The van der Waals surface area contributed by atoms with Gasteiger partial charge >= 0.3 is 7.12 Å². The second kappa shape index (κ2) is 6.78. The predicted molar refractivity (Wildman–Crippen MR) is 102 cm³/mol. The summed E-state index contributed by atoms with van der Waals surface area (Å²) in [4.78, 5) is 28.9. The van der Waals surface area contributed by atoms with E-state index in [0.29, 0.717) is 43.1 Å². The zero-order chi connectivity index (χ0) is 19.1. The van der Waals surface area contributed by atoms with E-state index in [9.17, 15) is 9.59 Å². The summed E-state index contributed by atoms with van der Waals surface area (Å²) in [7, 11) is -1.33. The van der Waals surface area contributed by atoms with Crippen LogP contribution in [0, 0.1) is 5.92 Å². The number of H-pyrrole nitrogens is 1. The molecule has 0 amide bonds. The first-order chi connectivity index (χ1) is 12.2. The minimum Gasteiger partial charge on any atom is -0.427 e. The third-order valence-electron chi connectivity index (χ3n) is 5.15. The Morgan fingerprint density at radius 2 is 2.15 bits per heavy atom. The smallest absolute Gasteiger partial charge is 0.427 e. The maximum Gasteiger partial charge on any atom is 0.451 e. The molecule has 0 saturated carbocycles. The molecule has 0 spiro atoms. The van der Waals surface area contributed by atoms with E-state index in [4.69, 9.17) is 21.5 Å². The van der Waals surface area contributed by atoms with Gasteiger partial charge in [0.2, 0.25) is 0 Å². The number of nitrogen functional groups attached to an aromatic ring is 1. The van der Waals surface area contributed by atoms with Crippen LogP contribution in [-0.2, 0) is 0 Å². The minimum absolute atomic E-state index is 0.0778. The van der Waals surface area contributed by atoms with Gasteiger partial charge in [-0.3, -0.25) is 9.59 Å². The van der Waals surface area contributed by atoms with E-state index >= 15 is 0 Å². The van der Waals surface area contributed by atoms with E-state index in [1.807, 2.05) is 11.8 Å². The molecule has 0 aliphatic carbocycles. The molecule has 2 aromatic rings. The standard InChI is InChI=1S/C16H24BN5O4/c1-16(19)8-22(7-9(16)3-2-5-17(25)26)12-11(13(23)14(12)24)21-15-10(18)4-6-20-15/h4,6,9,20-21,25-26H,2-3,5,7-8,18-19H2,1H3/t9-,16-/m0/s1. The molecule has 26 heavy (non-hydrogen) atoms. The van der Waals surface area contributed by atoms with Crippen LogP contribution in [0.15, 0.2) is 21.9 Å². The van der Waals surface area contributed by atoms with Crippen molar-refractivity contribution in [3.05, 3.63) is 32.7 Å². The number of anilines is 4. The van der Waals surface area contributed by atoms with Crippen LogP contribution in [0.4, 0.5) is 22.9 Å². The van der Waals surface area contributed by atoms with Crippen molar-refractivity contribution in [1.29, 1.82) is 0 Å². The van der Waals surface area contributed by atoms with Crippen molar-refractivity contribution >= 4 is 30.0 Å². The third-order valence-corrected chi connectivity index (χ3v) is 5.15. The van der Waals surface area contributed by atoms with Crippen LogP contribution in [-0.4, -0.2) is 40.8 Å². The topological polar surface area (TPSA) is 158 Å². The largest absolute Gasteiger partial charge is 0.451 e. The lowest BCUT2D eigenvalue weighted by Crippen LogP contribution is -2.46. The van der Waals surface area contributed by atoms with E-state index in [-0.39, 0.29) is 17.9 Å². The van der Waals surface area contributed by atoms with Crippen LogP contribution in [0.1, 0.15) is 19.8 Å². The molecule has 1 aromatic carbocycles. The molecule has 1 saturated heterocycles. The maximum absolute atomic E-state index is 12.2. The maximum atomic E-state index is 12.2. The van der Waals surface area contributed by atoms with Crippen molar-refractivity contribution in [1.82, 2.24) is 4.98 Å². The molecule has 1 aromatic heterocycles. The number of nitrogens with one attached hydrogen (secondary N) is 2. The summed E-state index contributed by atoms with van der Waals surface area (Å²) >= 11 is 0. The number of aromatic nitrogens is 1. The van der Waals surface area contributed by atoms with Gasteiger partial charge < -0.3 is 36.7 Å². The van der Waals surface area contributed by atoms with Crippen LogP contribution in [0.2, 0.25) is 6.32 Å². The molecule has 3 rings (SSSR count). The number of hydrogen-bond acceptors (Lipinski definition) is 8. The Hall–Kier alpha value is -2.30. The summed E-state index contributed by atoms with van der Waals surface area (Å²) in [6, 6.07) is 1.66. The molecular weight excluding hydrogens is 337 g/mol.